The molecule has 0 radical (unpaired) electrons. The fourth-order valence-electron chi connectivity index (χ4n) is 3.22. The van der Waals surface area contributed by atoms with E-state index in [-0.39, 0.29) is 46.5 Å². The highest BCUT2D eigenvalue weighted by Gasteiger charge is 2.33. The number of nitrogens with zero attached hydrogens (tertiary/aromatic N) is 1. The predicted octanol–water partition coefficient (Wildman–Crippen LogP) is 2.12. The molecule has 1 fully saturated rings. The molecule has 2 aromatic rings. The summed E-state index contributed by atoms with van der Waals surface area (Å²) in [6.07, 6.45) is -0.581. The smallest absolute Gasteiger partial charge is 0.276 e. The van der Waals surface area contributed by atoms with Crippen LogP contribution < -0.4 is 15.6 Å². The summed E-state index contributed by atoms with van der Waals surface area (Å²) in [5.74, 6) is -1.59. The molecule has 2 unspecified atom stereocenters. The number of halogens is 2. The van der Waals surface area contributed by atoms with Crippen LogP contribution in [-0.4, -0.2) is 56.4 Å². The number of sulfonamides is 1. The second kappa shape index (κ2) is 10.5. The second-order valence-electron chi connectivity index (χ2n) is 7.47. The van der Waals surface area contributed by atoms with Gasteiger partial charge in [-0.15, -0.1) is 0 Å². The lowest BCUT2D eigenvalue weighted by atomic mass is 10.2. The van der Waals surface area contributed by atoms with Crippen molar-refractivity contribution in [2.24, 2.45) is 0 Å². The number of hydrogen-bond acceptors (Lipinski definition) is 6. The van der Waals surface area contributed by atoms with Gasteiger partial charge in [0, 0.05) is 18.7 Å². The highest BCUT2D eigenvalue weighted by atomic mass is 35.5. The maximum absolute atomic E-state index is 13.1. The van der Waals surface area contributed by atoms with Gasteiger partial charge in [-0.05, 0) is 56.3 Å². The largest absolute Gasteiger partial charge is 0.484 e. The SMILES string of the molecule is CC1CN(S(=O)(=O)c2cc(C(=O)NNC(=O)COc3ccc(F)cc3)ccc2Cl)CC(C)O1. The Hall–Kier alpha value is -2.73. The van der Waals surface area contributed by atoms with Crippen molar-refractivity contribution in [3.05, 3.63) is 58.9 Å². The molecule has 12 heteroatoms. The molecule has 0 aliphatic carbocycles. The van der Waals surface area contributed by atoms with Gasteiger partial charge in [0.15, 0.2) is 6.61 Å². The average Bonchev–Trinajstić information content (AvgIpc) is 2.76. The number of hydrazine groups is 1. The Morgan fingerprint density at radius 3 is 2.39 bits per heavy atom. The number of morpholine rings is 1. The van der Waals surface area contributed by atoms with Crippen LogP contribution in [0.1, 0.15) is 24.2 Å². The third kappa shape index (κ3) is 6.41. The first-order valence-electron chi connectivity index (χ1n) is 9.99. The minimum atomic E-state index is -3.98. The highest BCUT2D eigenvalue weighted by Crippen LogP contribution is 2.28. The summed E-state index contributed by atoms with van der Waals surface area (Å²) in [6, 6.07) is 8.86. The van der Waals surface area contributed by atoms with Gasteiger partial charge in [-0.3, -0.25) is 20.4 Å². The third-order valence-electron chi connectivity index (χ3n) is 4.70. The molecule has 2 N–H and O–H groups in total. The molecular weight excluding hydrogens is 477 g/mol. The summed E-state index contributed by atoms with van der Waals surface area (Å²) in [4.78, 5) is 24.1. The summed E-state index contributed by atoms with van der Waals surface area (Å²) in [5, 5.41) is -0.0323. The van der Waals surface area contributed by atoms with Crippen molar-refractivity contribution in [3.8, 4) is 5.75 Å². The lowest BCUT2D eigenvalue weighted by Gasteiger charge is -2.34. The van der Waals surface area contributed by atoms with E-state index in [1.165, 1.54) is 40.7 Å². The van der Waals surface area contributed by atoms with Crippen molar-refractivity contribution in [1.82, 2.24) is 15.2 Å². The summed E-state index contributed by atoms with van der Waals surface area (Å²) in [5.41, 5.74) is 4.33. The van der Waals surface area contributed by atoms with Crippen LogP contribution in [-0.2, 0) is 19.6 Å². The molecule has 1 heterocycles. The van der Waals surface area contributed by atoms with E-state index in [1.807, 2.05) is 0 Å². The van der Waals surface area contributed by atoms with Gasteiger partial charge in [0.1, 0.15) is 16.5 Å². The summed E-state index contributed by atoms with van der Waals surface area (Å²) in [7, 11) is -3.98. The van der Waals surface area contributed by atoms with Crippen LogP contribution in [0.2, 0.25) is 5.02 Å². The second-order valence-corrected chi connectivity index (χ2v) is 9.78. The van der Waals surface area contributed by atoms with Gasteiger partial charge in [0.2, 0.25) is 10.0 Å². The Balaban J connectivity index is 1.63. The fourth-order valence-corrected chi connectivity index (χ4v) is 5.31. The van der Waals surface area contributed by atoms with Gasteiger partial charge in [-0.25, -0.2) is 12.8 Å². The number of carbonyl (C=O) groups is 2. The van der Waals surface area contributed by atoms with E-state index >= 15 is 0 Å². The van der Waals surface area contributed by atoms with E-state index in [1.54, 1.807) is 13.8 Å². The minimum Gasteiger partial charge on any atom is -0.484 e. The molecule has 2 amide bonds. The first kappa shape index (κ1) is 24.9. The molecule has 3 rings (SSSR count). The molecular formula is C21H23ClFN3O6S. The topological polar surface area (TPSA) is 114 Å². The van der Waals surface area contributed by atoms with Crippen LogP contribution in [0, 0.1) is 5.82 Å². The lowest BCUT2D eigenvalue weighted by molar-refractivity contribution is -0.123. The van der Waals surface area contributed by atoms with Crippen LogP contribution in [0.25, 0.3) is 0 Å². The molecule has 2 aromatic carbocycles. The molecule has 1 aliphatic heterocycles. The number of nitrogens with one attached hydrogen (secondary N) is 2. The molecule has 0 bridgehead atoms. The van der Waals surface area contributed by atoms with Gasteiger partial charge in [0.25, 0.3) is 11.8 Å². The Morgan fingerprint density at radius 2 is 1.76 bits per heavy atom. The number of ether oxygens (including phenoxy) is 2. The van der Waals surface area contributed by atoms with E-state index in [9.17, 15) is 22.4 Å². The fraction of sp³-hybridized carbons (Fsp3) is 0.333. The van der Waals surface area contributed by atoms with Crippen LogP contribution in [0.5, 0.6) is 5.75 Å². The zero-order valence-corrected chi connectivity index (χ0v) is 19.5. The summed E-state index contributed by atoms with van der Waals surface area (Å²) >= 11 is 6.14. The molecule has 0 aromatic heterocycles. The van der Waals surface area contributed by atoms with Crippen LogP contribution in [0.15, 0.2) is 47.4 Å². The Kier molecular flexibility index (Phi) is 7.90. The summed E-state index contributed by atoms with van der Waals surface area (Å²) < 4.78 is 51.2. The van der Waals surface area contributed by atoms with E-state index in [2.05, 4.69) is 10.9 Å². The quantitative estimate of drug-likeness (QED) is 0.588. The standard InChI is InChI=1S/C21H23ClFN3O6S/c1-13-10-26(11-14(2)32-13)33(29,30)19-9-15(3-8-18(19)22)21(28)25-24-20(27)12-31-17-6-4-16(23)5-7-17/h3-9,13-14H,10-12H2,1-2H3,(H,24,27)(H,25,28). The molecule has 33 heavy (non-hydrogen) atoms. The highest BCUT2D eigenvalue weighted by molar-refractivity contribution is 7.89. The monoisotopic (exact) mass is 499 g/mol. The van der Waals surface area contributed by atoms with Gasteiger partial charge in [-0.1, -0.05) is 11.6 Å². The molecule has 0 spiro atoms. The number of rotatable bonds is 6. The maximum atomic E-state index is 13.1. The average molecular weight is 500 g/mol. The van der Waals surface area contributed by atoms with Crippen molar-refractivity contribution < 1.29 is 31.9 Å². The molecule has 1 saturated heterocycles. The molecule has 9 nitrogen and oxygen atoms in total. The Bertz CT molecular complexity index is 1120. The van der Waals surface area contributed by atoms with Crippen LogP contribution in [0.3, 0.4) is 0 Å². The molecule has 1 aliphatic rings. The van der Waals surface area contributed by atoms with Gasteiger partial charge >= 0.3 is 0 Å². The Labute approximate surface area is 195 Å². The zero-order chi connectivity index (χ0) is 24.2. The van der Waals surface area contributed by atoms with E-state index in [0.29, 0.717) is 0 Å². The summed E-state index contributed by atoms with van der Waals surface area (Å²) in [6.45, 7) is 3.42. The van der Waals surface area contributed by atoms with Crippen LogP contribution >= 0.6 is 11.6 Å². The molecule has 2 atom stereocenters. The van der Waals surface area contributed by atoms with Crippen molar-refractivity contribution in [2.75, 3.05) is 19.7 Å². The number of benzene rings is 2. The maximum Gasteiger partial charge on any atom is 0.276 e. The van der Waals surface area contributed by atoms with Crippen molar-refractivity contribution in [3.63, 3.8) is 0 Å². The van der Waals surface area contributed by atoms with Crippen molar-refractivity contribution in [1.29, 1.82) is 0 Å². The van der Waals surface area contributed by atoms with E-state index in [0.717, 1.165) is 6.07 Å². The lowest BCUT2D eigenvalue weighted by Crippen LogP contribution is -2.48. The van der Waals surface area contributed by atoms with Crippen molar-refractivity contribution >= 4 is 33.4 Å². The Morgan fingerprint density at radius 1 is 1.12 bits per heavy atom. The van der Waals surface area contributed by atoms with Gasteiger partial charge in [-0.2, -0.15) is 4.31 Å². The normalized spacial score (nSPS) is 19.0. The zero-order valence-electron chi connectivity index (χ0n) is 17.9. The first-order valence-corrected chi connectivity index (χ1v) is 11.8. The van der Waals surface area contributed by atoms with Gasteiger partial charge < -0.3 is 9.47 Å². The number of carbonyl (C=O) groups excluding carboxylic acids is 2. The molecule has 178 valence electrons. The predicted molar refractivity (Wildman–Crippen MR) is 118 cm³/mol. The third-order valence-corrected chi connectivity index (χ3v) is 7.01. The number of hydrogen-bond donors (Lipinski definition) is 2. The van der Waals surface area contributed by atoms with Crippen LogP contribution in [0.4, 0.5) is 4.39 Å². The van der Waals surface area contributed by atoms with E-state index < -0.39 is 34.3 Å². The van der Waals surface area contributed by atoms with E-state index in [4.69, 9.17) is 21.1 Å². The first-order chi connectivity index (χ1) is 15.6. The van der Waals surface area contributed by atoms with Gasteiger partial charge in [0.05, 0.1) is 17.2 Å². The number of amides is 2. The van der Waals surface area contributed by atoms with Crippen molar-refractivity contribution in [2.45, 2.75) is 31.0 Å². The minimum absolute atomic E-state index is 0.0212. The molecule has 0 saturated carbocycles.